The van der Waals surface area contributed by atoms with E-state index in [1.165, 1.54) is 0 Å². The molecule has 0 saturated heterocycles. The van der Waals surface area contributed by atoms with Gasteiger partial charge in [0, 0.05) is 4.47 Å². The Bertz CT molecular complexity index is 437. The van der Waals surface area contributed by atoms with Crippen LogP contribution in [0.15, 0.2) is 28.7 Å². The minimum atomic E-state index is -4.31. The lowest BCUT2D eigenvalue weighted by Crippen LogP contribution is -2.39. The average molecular weight is 339 g/mol. The number of amides is 1. The molecule has 0 aromatic heterocycles. The molecule has 0 aliphatic rings. The molecule has 7 heteroatoms. The summed E-state index contributed by atoms with van der Waals surface area (Å²) in [5.74, 6) is -0.479. The summed E-state index contributed by atoms with van der Waals surface area (Å²) in [6.07, 6.45) is -4.31. The van der Waals surface area contributed by atoms with E-state index in [9.17, 15) is 18.0 Å². The molecular formula is C12H14BrF3N2O. The highest BCUT2D eigenvalue weighted by atomic mass is 79.9. The first-order chi connectivity index (χ1) is 8.79. The van der Waals surface area contributed by atoms with Gasteiger partial charge in [0.15, 0.2) is 0 Å². The van der Waals surface area contributed by atoms with Crippen molar-refractivity contribution in [2.24, 2.45) is 0 Å². The molecule has 0 heterocycles. The molecule has 3 nitrogen and oxygen atoms in total. The summed E-state index contributed by atoms with van der Waals surface area (Å²) >= 11 is 3.35. The molecule has 1 rings (SSSR count). The molecule has 1 amide bonds. The van der Waals surface area contributed by atoms with Gasteiger partial charge >= 0.3 is 6.18 Å². The molecule has 1 aromatic rings. The first kappa shape index (κ1) is 16.0. The fourth-order valence-electron chi connectivity index (χ4n) is 1.51. The van der Waals surface area contributed by atoms with Crippen molar-refractivity contribution in [3.63, 3.8) is 0 Å². The van der Waals surface area contributed by atoms with Crippen LogP contribution in [0.3, 0.4) is 0 Å². The SMILES string of the molecule is C[C@H](NC(=O)CNCC(F)(F)F)c1ccccc1Br. The molecule has 106 valence electrons. The van der Waals surface area contributed by atoms with E-state index < -0.39 is 18.6 Å². The van der Waals surface area contributed by atoms with Crippen molar-refractivity contribution in [1.82, 2.24) is 10.6 Å². The quantitative estimate of drug-likeness (QED) is 0.866. The predicted molar refractivity (Wildman–Crippen MR) is 69.6 cm³/mol. The average Bonchev–Trinajstić information content (AvgIpc) is 2.27. The van der Waals surface area contributed by atoms with Crippen LogP contribution in [0.1, 0.15) is 18.5 Å². The Morgan fingerprint density at radius 1 is 1.37 bits per heavy atom. The highest BCUT2D eigenvalue weighted by Crippen LogP contribution is 2.22. The second kappa shape index (κ2) is 6.91. The highest BCUT2D eigenvalue weighted by molar-refractivity contribution is 9.10. The Morgan fingerprint density at radius 3 is 2.58 bits per heavy atom. The van der Waals surface area contributed by atoms with Gasteiger partial charge in [-0.15, -0.1) is 0 Å². The second-order valence-electron chi connectivity index (χ2n) is 4.03. The van der Waals surface area contributed by atoms with Gasteiger partial charge in [0.25, 0.3) is 0 Å². The molecule has 0 radical (unpaired) electrons. The van der Waals surface area contributed by atoms with E-state index in [4.69, 9.17) is 0 Å². The number of nitrogens with one attached hydrogen (secondary N) is 2. The minimum absolute atomic E-state index is 0.282. The molecule has 2 N–H and O–H groups in total. The van der Waals surface area contributed by atoms with Gasteiger partial charge in [0.05, 0.1) is 19.1 Å². The molecule has 0 unspecified atom stereocenters. The van der Waals surface area contributed by atoms with E-state index >= 15 is 0 Å². The van der Waals surface area contributed by atoms with Crippen molar-refractivity contribution in [3.05, 3.63) is 34.3 Å². The zero-order valence-electron chi connectivity index (χ0n) is 10.2. The van der Waals surface area contributed by atoms with Gasteiger partial charge in [-0.05, 0) is 18.6 Å². The van der Waals surface area contributed by atoms with Crippen LogP contribution in [0.2, 0.25) is 0 Å². The maximum absolute atomic E-state index is 11.9. The lowest BCUT2D eigenvalue weighted by molar-refractivity contribution is -0.128. The molecule has 0 saturated carbocycles. The normalized spacial score (nSPS) is 13.1. The summed E-state index contributed by atoms with van der Waals surface area (Å²) in [6, 6.07) is 7.05. The van der Waals surface area contributed by atoms with E-state index in [2.05, 4.69) is 21.2 Å². The Balaban J connectivity index is 2.43. The standard InChI is InChI=1S/C12H14BrF3N2O/c1-8(9-4-2-3-5-10(9)13)18-11(19)6-17-7-12(14,15)16/h2-5,8,17H,6-7H2,1H3,(H,18,19)/t8-/m0/s1. The van der Waals surface area contributed by atoms with Crippen LogP contribution in [0.25, 0.3) is 0 Å². The van der Waals surface area contributed by atoms with Crippen LogP contribution in [-0.4, -0.2) is 25.2 Å². The topological polar surface area (TPSA) is 41.1 Å². The van der Waals surface area contributed by atoms with E-state index in [1.807, 2.05) is 29.6 Å². The molecule has 0 aliphatic heterocycles. The molecular weight excluding hydrogens is 325 g/mol. The van der Waals surface area contributed by atoms with Crippen LogP contribution >= 0.6 is 15.9 Å². The second-order valence-corrected chi connectivity index (χ2v) is 4.88. The largest absolute Gasteiger partial charge is 0.401 e. The number of rotatable bonds is 5. The third-order valence-electron chi connectivity index (χ3n) is 2.36. The highest BCUT2D eigenvalue weighted by Gasteiger charge is 2.26. The Kier molecular flexibility index (Phi) is 5.81. The Hall–Kier alpha value is -1.08. The van der Waals surface area contributed by atoms with E-state index in [0.717, 1.165) is 10.0 Å². The molecule has 1 atom stereocenters. The van der Waals surface area contributed by atoms with Crippen molar-refractivity contribution in [3.8, 4) is 0 Å². The number of carbonyl (C=O) groups excluding carboxylic acids is 1. The van der Waals surface area contributed by atoms with Crippen molar-refractivity contribution < 1.29 is 18.0 Å². The Labute approximate surface area is 117 Å². The van der Waals surface area contributed by atoms with Gasteiger partial charge in [0.1, 0.15) is 0 Å². The van der Waals surface area contributed by atoms with Crippen molar-refractivity contribution in [2.75, 3.05) is 13.1 Å². The lowest BCUT2D eigenvalue weighted by Gasteiger charge is -2.16. The van der Waals surface area contributed by atoms with Crippen molar-refractivity contribution >= 4 is 21.8 Å². The zero-order valence-corrected chi connectivity index (χ0v) is 11.8. The fraction of sp³-hybridized carbons (Fsp3) is 0.417. The third kappa shape index (κ3) is 6.07. The van der Waals surface area contributed by atoms with Crippen LogP contribution in [0.5, 0.6) is 0 Å². The van der Waals surface area contributed by atoms with E-state index in [-0.39, 0.29) is 12.6 Å². The molecule has 1 aromatic carbocycles. The summed E-state index contributed by atoms with van der Waals surface area (Å²) in [5, 5.41) is 4.67. The smallest absolute Gasteiger partial charge is 0.348 e. The van der Waals surface area contributed by atoms with Crippen LogP contribution < -0.4 is 10.6 Å². The van der Waals surface area contributed by atoms with Crippen molar-refractivity contribution in [2.45, 2.75) is 19.1 Å². The van der Waals surface area contributed by atoms with Gasteiger partial charge in [-0.2, -0.15) is 13.2 Å². The van der Waals surface area contributed by atoms with Gasteiger partial charge in [0.2, 0.25) is 5.91 Å². The zero-order chi connectivity index (χ0) is 14.5. The summed E-state index contributed by atoms with van der Waals surface area (Å²) in [5.41, 5.74) is 0.867. The van der Waals surface area contributed by atoms with Gasteiger partial charge in [-0.3, -0.25) is 4.79 Å². The van der Waals surface area contributed by atoms with Crippen LogP contribution in [-0.2, 0) is 4.79 Å². The maximum Gasteiger partial charge on any atom is 0.401 e. The predicted octanol–water partition coefficient (Wildman–Crippen LogP) is 2.78. The fourth-order valence-corrected chi connectivity index (χ4v) is 2.14. The van der Waals surface area contributed by atoms with E-state index in [1.54, 1.807) is 6.92 Å². The molecule has 0 bridgehead atoms. The summed E-state index contributed by atoms with van der Waals surface area (Å²) in [4.78, 5) is 11.5. The van der Waals surface area contributed by atoms with Crippen LogP contribution in [0, 0.1) is 0 Å². The number of halogens is 4. The summed E-state index contributed by atoms with van der Waals surface area (Å²) in [6.45, 7) is 0.222. The number of carbonyl (C=O) groups is 1. The summed E-state index contributed by atoms with van der Waals surface area (Å²) < 4.78 is 36.5. The number of hydrogen-bond acceptors (Lipinski definition) is 2. The van der Waals surface area contributed by atoms with Crippen LogP contribution in [0.4, 0.5) is 13.2 Å². The first-order valence-corrected chi connectivity index (χ1v) is 6.40. The van der Waals surface area contributed by atoms with Gasteiger partial charge in [-0.1, -0.05) is 34.1 Å². The summed E-state index contributed by atoms with van der Waals surface area (Å²) in [7, 11) is 0. The molecule has 0 fully saturated rings. The number of benzene rings is 1. The number of alkyl halides is 3. The molecule has 0 spiro atoms. The maximum atomic E-state index is 11.9. The van der Waals surface area contributed by atoms with Crippen molar-refractivity contribution in [1.29, 1.82) is 0 Å². The third-order valence-corrected chi connectivity index (χ3v) is 3.08. The molecule has 0 aliphatic carbocycles. The first-order valence-electron chi connectivity index (χ1n) is 5.61. The van der Waals surface area contributed by atoms with Gasteiger partial charge in [-0.25, -0.2) is 0 Å². The van der Waals surface area contributed by atoms with E-state index in [0.29, 0.717) is 0 Å². The minimum Gasteiger partial charge on any atom is -0.348 e. The monoisotopic (exact) mass is 338 g/mol. The Morgan fingerprint density at radius 2 is 2.00 bits per heavy atom. The van der Waals surface area contributed by atoms with Gasteiger partial charge < -0.3 is 10.6 Å². The lowest BCUT2D eigenvalue weighted by atomic mass is 10.1. The number of hydrogen-bond donors (Lipinski definition) is 2. The molecule has 19 heavy (non-hydrogen) atoms.